The summed E-state index contributed by atoms with van der Waals surface area (Å²) in [5, 5.41) is 3.35. The van der Waals surface area contributed by atoms with Crippen LogP contribution in [0.3, 0.4) is 0 Å². The fourth-order valence-electron chi connectivity index (χ4n) is 3.19. The van der Waals surface area contributed by atoms with Crippen molar-refractivity contribution in [2.45, 2.75) is 48.0 Å². The van der Waals surface area contributed by atoms with Gasteiger partial charge in [0.05, 0.1) is 11.4 Å². The number of rotatable bonds is 8. The minimum atomic E-state index is -0.868. The summed E-state index contributed by atoms with van der Waals surface area (Å²) in [7, 11) is 0. The molecule has 0 aliphatic carbocycles. The molecule has 0 bridgehead atoms. The predicted molar refractivity (Wildman–Crippen MR) is 130 cm³/mol. The van der Waals surface area contributed by atoms with Crippen LogP contribution in [0.15, 0.2) is 65.4 Å². The average Bonchev–Trinajstić information content (AvgIpc) is 2.78. The molecule has 32 heavy (non-hydrogen) atoms. The highest BCUT2D eigenvalue weighted by Crippen LogP contribution is 2.23. The van der Waals surface area contributed by atoms with E-state index in [2.05, 4.69) is 10.3 Å². The topological polar surface area (TPSA) is 41.5 Å². The van der Waals surface area contributed by atoms with Gasteiger partial charge in [0.25, 0.3) is 0 Å². The molecule has 0 fully saturated rings. The Morgan fingerprint density at radius 3 is 2.38 bits per heavy atom. The summed E-state index contributed by atoms with van der Waals surface area (Å²) < 4.78 is 28.2. The lowest BCUT2D eigenvalue weighted by molar-refractivity contribution is 0.101. The Bertz CT molecular complexity index is 1120. The fraction of sp³-hybridized carbons (Fsp3) is 0.259. The first-order valence-corrected chi connectivity index (χ1v) is 10.6. The van der Waals surface area contributed by atoms with Crippen LogP contribution in [0.4, 0.5) is 14.5 Å². The van der Waals surface area contributed by atoms with Crippen molar-refractivity contribution in [1.82, 2.24) is 0 Å². The van der Waals surface area contributed by atoms with Gasteiger partial charge in [-0.3, -0.25) is 9.79 Å². The van der Waals surface area contributed by atoms with Crippen LogP contribution in [0.25, 0.3) is 5.57 Å². The number of hydrogen-bond acceptors (Lipinski definition) is 3. The van der Waals surface area contributed by atoms with Gasteiger partial charge >= 0.3 is 0 Å². The van der Waals surface area contributed by atoms with Crippen LogP contribution in [0.1, 0.15) is 61.7 Å². The average molecular weight is 437 g/mol. The van der Waals surface area contributed by atoms with Gasteiger partial charge in [-0.2, -0.15) is 0 Å². The maximum Gasteiger partial charge on any atom is 0.166 e. The van der Waals surface area contributed by atoms with Crippen molar-refractivity contribution < 1.29 is 13.6 Å². The zero-order valence-electron chi connectivity index (χ0n) is 19.5. The molecule has 0 aliphatic heterocycles. The Labute approximate surface area is 189 Å². The molecule has 0 unspecified atom stereocenters. The van der Waals surface area contributed by atoms with Crippen molar-refractivity contribution in [3.8, 4) is 0 Å². The van der Waals surface area contributed by atoms with Crippen LogP contribution < -0.4 is 5.32 Å². The molecule has 0 atom stereocenters. The highest BCUT2D eigenvalue weighted by Gasteiger charge is 2.12. The van der Waals surface area contributed by atoms with Crippen LogP contribution in [-0.2, 0) is 6.42 Å². The first-order valence-electron chi connectivity index (χ1n) is 10.6. The second-order valence-electron chi connectivity index (χ2n) is 7.60. The van der Waals surface area contributed by atoms with Gasteiger partial charge in [-0.05, 0) is 82.0 Å². The summed E-state index contributed by atoms with van der Waals surface area (Å²) in [6.07, 6.45) is 7.95. The van der Waals surface area contributed by atoms with Crippen LogP contribution in [-0.4, -0.2) is 11.5 Å². The lowest BCUT2D eigenvalue weighted by Crippen LogP contribution is -2.09. The van der Waals surface area contributed by atoms with E-state index >= 15 is 0 Å². The maximum absolute atomic E-state index is 14.3. The number of ketones is 1. The third-order valence-corrected chi connectivity index (χ3v) is 5.14. The van der Waals surface area contributed by atoms with Gasteiger partial charge < -0.3 is 5.32 Å². The lowest BCUT2D eigenvalue weighted by Gasteiger charge is -2.13. The van der Waals surface area contributed by atoms with Crippen molar-refractivity contribution in [2.24, 2.45) is 4.99 Å². The molecule has 1 N–H and O–H groups in total. The minimum absolute atomic E-state index is 0.0382. The molecular weight excluding hydrogens is 406 g/mol. The van der Waals surface area contributed by atoms with Gasteiger partial charge in [0.15, 0.2) is 17.4 Å². The number of nitrogens with one attached hydrogen (secondary N) is 1. The van der Waals surface area contributed by atoms with Gasteiger partial charge in [-0.1, -0.05) is 31.2 Å². The van der Waals surface area contributed by atoms with E-state index in [0.717, 1.165) is 23.4 Å². The smallest absolute Gasteiger partial charge is 0.166 e. The summed E-state index contributed by atoms with van der Waals surface area (Å²) in [6.45, 7) is 10.5. The first-order chi connectivity index (χ1) is 15.2. The molecule has 0 radical (unpaired) electrons. The van der Waals surface area contributed by atoms with Crippen molar-refractivity contribution in [3.05, 3.63) is 94.3 Å². The number of aliphatic imine (C=N–C) groups is 1. The van der Waals surface area contributed by atoms with Crippen molar-refractivity contribution in [2.75, 3.05) is 5.32 Å². The van der Waals surface area contributed by atoms with E-state index in [1.165, 1.54) is 13.1 Å². The molecule has 0 saturated heterocycles. The SMILES string of the molecule is C\C=C/C=C(Nc1ccc(C(C)=O)c(CC)c1)\C(C)=N\C=C(/C)c1ccc(C)c(F)c1F. The van der Waals surface area contributed by atoms with Crippen molar-refractivity contribution in [1.29, 1.82) is 0 Å². The van der Waals surface area contributed by atoms with E-state index < -0.39 is 11.6 Å². The quantitative estimate of drug-likeness (QED) is 0.265. The molecule has 0 spiro atoms. The molecule has 5 heteroatoms. The zero-order valence-corrected chi connectivity index (χ0v) is 19.5. The Kier molecular flexibility index (Phi) is 8.82. The minimum Gasteiger partial charge on any atom is -0.354 e. The van der Waals surface area contributed by atoms with Crippen LogP contribution >= 0.6 is 0 Å². The number of anilines is 1. The number of halogens is 2. The first kappa shape index (κ1) is 24.9. The van der Waals surface area contributed by atoms with Crippen LogP contribution in [0.2, 0.25) is 0 Å². The largest absolute Gasteiger partial charge is 0.354 e. The van der Waals surface area contributed by atoms with E-state index in [-0.39, 0.29) is 16.9 Å². The number of Topliss-reactive ketones (excluding diaryl/α,β-unsaturated/α-hetero) is 1. The van der Waals surface area contributed by atoms with Crippen LogP contribution in [0, 0.1) is 18.6 Å². The van der Waals surface area contributed by atoms with Gasteiger partial charge in [0.1, 0.15) is 0 Å². The molecule has 0 aliphatic rings. The zero-order chi connectivity index (χ0) is 23.8. The predicted octanol–water partition coefficient (Wildman–Crippen LogP) is 7.43. The Hall–Kier alpha value is -3.34. The van der Waals surface area contributed by atoms with Crippen molar-refractivity contribution >= 4 is 22.8 Å². The maximum atomic E-state index is 14.3. The summed E-state index contributed by atoms with van der Waals surface area (Å²) in [5.74, 6) is -1.67. The number of benzene rings is 2. The second-order valence-corrected chi connectivity index (χ2v) is 7.60. The number of aryl methyl sites for hydroxylation is 2. The lowest BCUT2D eigenvalue weighted by atomic mass is 10.0. The molecule has 0 saturated carbocycles. The third-order valence-electron chi connectivity index (χ3n) is 5.14. The number of allylic oxidation sites excluding steroid dienone is 5. The molecule has 0 amide bonds. The third kappa shape index (κ3) is 6.10. The number of carbonyl (C=O) groups is 1. The van der Waals surface area contributed by atoms with E-state index in [9.17, 15) is 13.6 Å². The summed E-state index contributed by atoms with van der Waals surface area (Å²) >= 11 is 0. The monoisotopic (exact) mass is 436 g/mol. The molecule has 2 aromatic rings. The molecular formula is C27H30F2N2O. The Balaban J connectivity index is 2.37. The molecule has 3 nitrogen and oxygen atoms in total. The number of carbonyl (C=O) groups excluding carboxylic acids is 1. The fourth-order valence-corrected chi connectivity index (χ4v) is 3.19. The molecule has 0 heterocycles. The Morgan fingerprint density at radius 2 is 1.75 bits per heavy atom. The van der Waals surface area contributed by atoms with Gasteiger partial charge in [0, 0.05) is 23.0 Å². The Morgan fingerprint density at radius 1 is 1.06 bits per heavy atom. The van der Waals surface area contributed by atoms with E-state index in [0.29, 0.717) is 16.8 Å². The second kappa shape index (κ2) is 11.3. The number of hydrogen-bond donors (Lipinski definition) is 1. The van der Waals surface area contributed by atoms with Crippen LogP contribution in [0.5, 0.6) is 0 Å². The van der Waals surface area contributed by atoms with E-state index in [1.807, 2.05) is 57.2 Å². The standard InChI is InChI=1S/C27H30F2N2O/c1-7-9-10-25(31-22-12-14-24(20(6)32)21(8-2)15-22)19(5)30-16-18(4)23-13-11-17(3)26(28)27(23)29/h7,9-16,31H,8H2,1-6H3/b9-7-,18-16+,25-10+,30-19+. The summed E-state index contributed by atoms with van der Waals surface area (Å²) in [5.41, 5.74) is 4.91. The highest BCUT2D eigenvalue weighted by molar-refractivity contribution is 6.02. The summed E-state index contributed by atoms with van der Waals surface area (Å²) in [6, 6.07) is 8.75. The molecule has 2 rings (SSSR count). The normalized spacial score (nSPS) is 13.1. The van der Waals surface area contributed by atoms with E-state index in [4.69, 9.17) is 0 Å². The van der Waals surface area contributed by atoms with E-state index in [1.54, 1.807) is 26.0 Å². The number of nitrogens with zero attached hydrogens (tertiary/aromatic N) is 1. The molecule has 168 valence electrons. The highest BCUT2D eigenvalue weighted by atomic mass is 19.2. The van der Waals surface area contributed by atoms with Gasteiger partial charge in [0.2, 0.25) is 0 Å². The molecule has 0 aromatic heterocycles. The summed E-state index contributed by atoms with van der Waals surface area (Å²) in [4.78, 5) is 16.3. The van der Waals surface area contributed by atoms with Gasteiger partial charge in [-0.15, -0.1) is 0 Å². The molecule has 2 aromatic carbocycles. The van der Waals surface area contributed by atoms with Gasteiger partial charge in [-0.25, -0.2) is 8.78 Å². The van der Waals surface area contributed by atoms with Crippen molar-refractivity contribution in [3.63, 3.8) is 0 Å².